The van der Waals surface area contributed by atoms with Gasteiger partial charge in [-0.15, -0.1) is 0 Å². The van der Waals surface area contributed by atoms with Crippen molar-refractivity contribution in [1.29, 1.82) is 0 Å². The number of nitrogens with one attached hydrogen (secondary N) is 1. The van der Waals surface area contributed by atoms with Crippen LogP contribution in [0.15, 0.2) is 22.9 Å². The van der Waals surface area contributed by atoms with Gasteiger partial charge in [0.15, 0.2) is 0 Å². The van der Waals surface area contributed by atoms with Gasteiger partial charge in [0.1, 0.15) is 5.69 Å². The third-order valence-corrected chi connectivity index (χ3v) is 2.77. The van der Waals surface area contributed by atoms with E-state index in [0.717, 1.165) is 19.4 Å². The zero-order chi connectivity index (χ0) is 13.7. The molecule has 0 spiro atoms. The molecular formula is C13H17ClN4O. The summed E-state index contributed by atoms with van der Waals surface area (Å²) < 4.78 is 5.19. The summed E-state index contributed by atoms with van der Waals surface area (Å²) >= 11 is 5.78. The number of nitrogens with zero attached hydrogens (tertiary/aromatic N) is 3. The van der Waals surface area contributed by atoms with Crippen LogP contribution in [-0.4, -0.2) is 27.7 Å². The Kier molecular flexibility index (Phi) is 4.87. The van der Waals surface area contributed by atoms with E-state index < -0.39 is 0 Å². The number of halogens is 1. The molecule has 0 atom stereocenters. The van der Waals surface area contributed by atoms with E-state index in [9.17, 15) is 0 Å². The summed E-state index contributed by atoms with van der Waals surface area (Å²) in [5.41, 5.74) is 0.666. The molecule has 0 saturated heterocycles. The Hall–Kier alpha value is -1.46. The van der Waals surface area contributed by atoms with E-state index in [0.29, 0.717) is 28.5 Å². The Morgan fingerprint density at radius 3 is 2.89 bits per heavy atom. The fourth-order valence-corrected chi connectivity index (χ4v) is 1.71. The average molecular weight is 281 g/mol. The number of hydrogen-bond donors (Lipinski definition) is 1. The molecule has 0 aliphatic rings. The van der Waals surface area contributed by atoms with Crippen LogP contribution in [0.3, 0.4) is 0 Å². The molecule has 5 nitrogen and oxygen atoms in total. The van der Waals surface area contributed by atoms with Crippen molar-refractivity contribution in [3.8, 4) is 11.5 Å². The van der Waals surface area contributed by atoms with E-state index in [1.165, 1.54) is 0 Å². The SMILES string of the molecule is CC(C)NCCCc1nc(-c2ccc(Cl)cn2)no1. The van der Waals surface area contributed by atoms with Crippen molar-refractivity contribution in [1.82, 2.24) is 20.4 Å². The largest absolute Gasteiger partial charge is 0.339 e. The summed E-state index contributed by atoms with van der Waals surface area (Å²) in [6, 6.07) is 4.03. The molecule has 0 saturated carbocycles. The average Bonchev–Trinajstić information content (AvgIpc) is 2.84. The summed E-state index contributed by atoms with van der Waals surface area (Å²) in [6.45, 7) is 5.18. The summed E-state index contributed by atoms with van der Waals surface area (Å²) in [6.07, 6.45) is 3.30. The normalized spacial score (nSPS) is 11.2. The highest BCUT2D eigenvalue weighted by molar-refractivity contribution is 6.30. The lowest BCUT2D eigenvalue weighted by molar-refractivity contribution is 0.374. The zero-order valence-corrected chi connectivity index (χ0v) is 11.8. The lowest BCUT2D eigenvalue weighted by Gasteiger charge is -2.05. The van der Waals surface area contributed by atoms with Crippen LogP contribution in [0.5, 0.6) is 0 Å². The van der Waals surface area contributed by atoms with Crippen LogP contribution in [0.4, 0.5) is 0 Å². The van der Waals surface area contributed by atoms with Crippen LogP contribution < -0.4 is 5.32 Å². The van der Waals surface area contributed by atoms with Crippen LogP contribution in [0.2, 0.25) is 5.02 Å². The van der Waals surface area contributed by atoms with Crippen molar-refractivity contribution in [3.63, 3.8) is 0 Å². The van der Waals surface area contributed by atoms with Gasteiger partial charge in [-0.3, -0.25) is 4.98 Å². The molecule has 0 aromatic carbocycles. The Morgan fingerprint density at radius 2 is 2.21 bits per heavy atom. The number of aromatic nitrogens is 3. The van der Waals surface area contributed by atoms with Crippen molar-refractivity contribution in [3.05, 3.63) is 29.2 Å². The maximum atomic E-state index is 5.78. The minimum Gasteiger partial charge on any atom is -0.339 e. The molecule has 2 aromatic rings. The molecule has 6 heteroatoms. The maximum Gasteiger partial charge on any atom is 0.227 e. The minimum absolute atomic E-state index is 0.497. The van der Waals surface area contributed by atoms with Crippen molar-refractivity contribution in [2.24, 2.45) is 0 Å². The van der Waals surface area contributed by atoms with Crippen molar-refractivity contribution < 1.29 is 4.52 Å². The van der Waals surface area contributed by atoms with Crippen LogP contribution in [0.1, 0.15) is 26.2 Å². The first-order valence-corrected chi connectivity index (χ1v) is 6.71. The summed E-state index contributed by atoms with van der Waals surface area (Å²) in [5.74, 6) is 1.14. The van der Waals surface area contributed by atoms with Crippen LogP contribution in [0.25, 0.3) is 11.5 Å². The van der Waals surface area contributed by atoms with Crippen molar-refractivity contribution in [2.75, 3.05) is 6.54 Å². The van der Waals surface area contributed by atoms with E-state index in [-0.39, 0.29) is 0 Å². The standard InChI is InChI=1S/C13H17ClN4O/c1-9(2)15-7-3-4-12-17-13(18-19-12)11-6-5-10(14)8-16-11/h5-6,8-9,15H,3-4,7H2,1-2H3. The van der Waals surface area contributed by atoms with Crippen LogP contribution >= 0.6 is 11.6 Å². The van der Waals surface area contributed by atoms with E-state index in [1.807, 2.05) is 0 Å². The fourth-order valence-electron chi connectivity index (χ4n) is 1.60. The third kappa shape index (κ3) is 4.29. The second-order valence-electron chi connectivity index (χ2n) is 4.59. The van der Waals surface area contributed by atoms with Gasteiger partial charge < -0.3 is 9.84 Å². The van der Waals surface area contributed by atoms with Gasteiger partial charge in [0.25, 0.3) is 0 Å². The molecule has 2 aromatic heterocycles. The van der Waals surface area contributed by atoms with Gasteiger partial charge >= 0.3 is 0 Å². The highest BCUT2D eigenvalue weighted by Crippen LogP contribution is 2.15. The second-order valence-corrected chi connectivity index (χ2v) is 5.02. The van der Waals surface area contributed by atoms with Gasteiger partial charge in [-0.05, 0) is 25.1 Å². The number of rotatable bonds is 6. The maximum absolute atomic E-state index is 5.78. The molecule has 0 aliphatic heterocycles. The number of hydrogen-bond acceptors (Lipinski definition) is 5. The Morgan fingerprint density at radius 1 is 1.37 bits per heavy atom. The summed E-state index contributed by atoms with van der Waals surface area (Å²) in [7, 11) is 0. The molecule has 0 bridgehead atoms. The predicted octanol–water partition coefficient (Wildman–Crippen LogP) is 2.72. The molecule has 0 amide bonds. The summed E-state index contributed by atoms with van der Waals surface area (Å²) in [4.78, 5) is 8.47. The number of pyridine rings is 1. The van der Waals surface area contributed by atoms with Gasteiger partial charge in [0.2, 0.25) is 11.7 Å². The van der Waals surface area contributed by atoms with Crippen LogP contribution in [-0.2, 0) is 6.42 Å². The van der Waals surface area contributed by atoms with Gasteiger partial charge in [-0.25, -0.2) is 0 Å². The molecule has 0 aliphatic carbocycles. The minimum atomic E-state index is 0.497. The Balaban J connectivity index is 1.90. The molecular weight excluding hydrogens is 264 g/mol. The second kappa shape index (κ2) is 6.63. The lowest BCUT2D eigenvalue weighted by atomic mass is 10.3. The van der Waals surface area contributed by atoms with Crippen molar-refractivity contribution in [2.45, 2.75) is 32.7 Å². The smallest absolute Gasteiger partial charge is 0.227 e. The monoisotopic (exact) mass is 280 g/mol. The molecule has 19 heavy (non-hydrogen) atoms. The van der Waals surface area contributed by atoms with Gasteiger partial charge in [0, 0.05) is 18.7 Å². The molecule has 2 rings (SSSR count). The zero-order valence-electron chi connectivity index (χ0n) is 11.1. The van der Waals surface area contributed by atoms with Crippen LogP contribution in [0, 0.1) is 0 Å². The first kappa shape index (κ1) is 14.0. The first-order chi connectivity index (χ1) is 9.15. The Labute approximate surface area is 117 Å². The number of aryl methyl sites for hydroxylation is 1. The molecule has 0 unspecified atom stereocenters. The van der Waals surface area contributed by atoms with Gasteiger partial charge in [0.05, 0.1) is 5.02 Å². The fraction of sp³-hybridized carbons (Fsp3) is 0.462. The van der Waals surface area contributed by atoms with Gasteiger partial charge in [-0.2, -0.15) is 4.98 Å². The predicted molar refractivity (Wildman–Crippen MR) is 74.0 cm³/mol. The molecule has 2 heterocycles. The topological polar surface area (TPSA) is 63.8 Å². The quantitative estimate of drug-likeness (QED) is 0.824. The first-order valence-electron chi connectivity index (χ1n) is 6.33. The highest BCUT2D eigenvalue weighted by Gasteiger charge is 2.09. The van der Waals surface area contributed by atoms with E-state index in [1.54, 1.807) is 18.3 Å². The van der Waals surface area contributed by atoms with E-state index in [4.69, 9.17) is 16.1 Å². The van der Waals surface area contributed by atoms with E-state index >= 15 is 0 Å². The highest BCUT2D eigenvalue weighted by atomic mass is 35.5. The van der Waals surface area contributed by atoms with Gasteiger partial charge in [-0.1, -0.05) is 30.6 Å². The Bertz CT molecular complexity index is 510. The molecule has 1 N–H and O–H groups in total. The van der Waals surface area contributed by atoms with Crippen molar-refractivity contribution >= 4 is 11.6 Å². The molecule has 0 radical (unpaired) electrons. The summed E-state index contributed by atoms with van der Waals surface area (Å²) in [5, 5.41) is 7.85. The van der Waals surface area contributed by atoms with E-state index in [2.05, 4.69) is 34.3 Å². The molecule has 0 fully saturated rings. The lowest BCUT2D eigenvalue weighted by Crippen LogP contribution is -2.23. The molecule has 102 valence electrons. The third-order valence-electron chi connectivity index (χ3n) is 2.54.